The highest BCUT2D eigenvalue weighted by molar-refractivity contribution is 5.90. The standard InChI is InChI=1S/C28H43N5O4/c1-20-25(33(22-13-9-6-10-14-22)31-26(20)37-19-28(2,3)35)30-27(34)29-24-18-32(15-16-36-4)17-23(24)21-11-7-5-8-12-21/h6,9-10,13-14,21,23-24,35H,5,7-8,11-12,15-19H2,1-4H3,(H2,29,30,34)/t23-,24+/m0/s1. The van der Waals surface area contributed by atoms with Crippen LogP contribution in [-0.4, -0.2) is 77.4 Å². The molecule has 9 nitrogen and oxygen atoms in total. The Morgan fingerprint density at radius 3 is 2.57 bits per heavy atom. The molecule has 1 aliphatic carbocycles. The Morgan fingerprint density at radius 1 is 1.16 bits per heavy atom. The fraction of sp³-hybridized carbons (Fsp3) is 0.643. The maximum atomic E-state index is 13.4. The largest absolute Gasteiger partial charge is 0.473 e. The number of para-hydroxylation sites is 1. The summed E-state index contributed by atoms with van der Waals surface area (Å²) in [6, 6.07) is 9.49. The van der Waals surface area contributed by atoms with Gasteiger partial charge in [0.25, 0.3) is 0 Å². The SMILES string of the molecule is COCCN1C[C@@H](NC(=O)Nc2c(C)c(OCC(C)(C)O)nn2-c2ccccc2)[C@H](C2CCCCC2)C1. The number of urea groups is 1. The number of carbonyl (C=O) groups excluding carboxylic acids is 1. The van der Waals surface area contributed by atoms with Gasteiger partial charge in [-0.1, -0.05) is 50.3 Å². The predicted molar refractivity (Wildman–Crippen MR) is 144 cm³/mol. The summed E-state index contributed by atoms with van der Waals surface area (Å²) in [5.74, 6) is 2.02. The molecule has 2 aromatic rings. The van der Waals surface area contributed by atoms with Crippen molar-refractivity contribution >= 4 is 11.8 Å². The van der Waals surface area contributed by atoms with Crippen molar-refractivity contribution in [2.75, 3.05) is 45.3 Å². The first kappa shape index (κ1) is 27.4. The Kier molecular flexibility index (Phi) is 9.10. The number of hydrogen-bond donors (Lipinski definition) is 3. The molecule has 37 heavy (non-hydrogen) atoms. The number of anilines is 1. The minimum Gasteiger partial charge on any atom is -0.473 e. The highest BCUT2D eigenvalue weighted by atomic mass is 16.5. The van der Waals surface area contributed by atoms with Crippen LogP contribution in [-0.2, 0) is 4.74 Å². The average molecular weight is 514 g/mol. The summed E-state index contributed by atoms with van der Waals surface area (Å²) >= 11 is 0. The van der Waals surface area contributed by atoms with Crippen molar-refractivity contribution < 1.29 is 19.4 Å². The molecule has 1 aliphatic heterocycles. The predicted octanol–water partition coefficient (Wildman–Crippen LogP) is 3.98. The number of likely N-dealkylation sites (tertiary alicyclic amines) is 1. The minimum absolute atomic E-state index is 0.0827. The molecule has 0 spiro atoms. The van der Waals surface area contributed by atoms with E-state index in [0.717, 1.165) is 25.3 Å². The van der Waals surface area contributed by atoms with Gasteiger partial charge in [0.1, 0.15) is 12.4 Å². The van der Waals surface area contributed by atoms with E-state index >= 15 is 0 Å². The summed E-state index contributed by atoms with van der Waals surface area (Å²) in [6.45, 7) is 8.72. The Bertz CT molecular complexity index is 1010. The number of ether oxygens (including phenoxy) is 2. The normalized spacial score (nSPS) is 21.2. The molecule has 2 aliphatic rings. The summed E-state index contributed by atoms with van der Waals surface area (Å²) in [5, 5.41) is 21.1. The van der Waals surface area contributed by atoms with Gasteiger partial charge in [0, 0.05) is 32.8 Å². The van der Waals surface area contributed by atoms with Gasteiger partial charge < -0.3 is 19.9 Å². The molecule has 1 aromatic carbocycles. The smallest absolute Gasteiger partial charge is 0.320 e. The molecule has 0 bridgehead atoms. The lowest BCUT2D eigenvalue weighted by molar-refractivity contribution is 0.0265. The van der Waals surface area contributed by atoms with Crippen molar-refractivity contribution in [1.29, 1.82) is 0 Å². The van der Waals surface area contributed by atoms with Gasteiger partial charge >= 0.3 is 6.03 Å². The van der Waals surface area contributed by atoms with Gasteiger partial charge in [0.2, 0.25) is 5.88 Å². The van der Waals surface area contributed by atoms with Crippen molar-refractivity contribution in [3.05, 3.63) is 35.9 Å². The fourth-order valence-corrected chi connectivity index (χ4v) is 5.58. The molecule has 1 saturated heterocycles. The van der Waals surface area contributed by atoms with E-state index in [4.69, 9.17) is 9.47 Å². The lowest BCUT2D eigenvalue weighted by Gasteiger charge is -2.31. The minimum atomic E-state index is -1.00. The van der Waals surface area contributed by atoms with Gasteiger partial charge in [-0.3, -0.25) is 10.2 Å². The van der Waals surface area contributed by atoms with Crippen molar-refractivity contribution in [1.82, 2.24) is 20.0 Å². The Hall–Kier alpha value is -2.62. The van der Waals surface area contributed by atoms with E-state index in [9.17, 15) is 9.90 Å². The first-order valence-corrected chi connectivity index (χ1v) is 13.5. The van der Waals surface area contributed by atoms with E-state index in [1.54, 1.807) is 25.6 Å². The van der Waals surface area contributed by atoms with E-state index in [2.05, 4.69) is 20.6 Å². The zero-order valence-corrected chi connectivity index (χ0v) is 22.7. The quantitative estimate of drug-likeness (QED) is 0.444. The first-order chi connectivity index (χ1) is 17.7. The lowest BCUT2D eigenvalue weighted by atomic mass is 9.78. The second-order valence-corrected chi connectivity index (χ2v) is 11.1. The summed E-state index contributed by atoms with van der Waals surface area (Å²) in [7, 11) is 1.73. The van der Waals surface area contributed by atoms with Crippen LogP contribution in [0, 0.1) is 18.8 Å². The van der Waals surface area contributed by atoms with Crippen LogP contribution in [0.3, 0.4) is 0 Å². The highest BCUT2D eigenvalue weighted by Crippen LogP contribution is 2.35. The Labute approximate surface area is 220 Å². The summed E-state index contributed by atoms with van der Waals surface area (Å²) in [6.07, 6.45) is 6.35. The Morgan fingerprint density at radius 2 is 1.89 bits per heavy atom. The summed E-state index contributed by atoms with van der Waals surface area (Å²) < 4.78 is 12.8. The summed E-state index contributed by atoms with van der Waals surface area (Å²) in [4.78, 5) is 15.8. The third-order valence-electron chi connectivity index (χ3n) is 7.50. The number of nitrogens with one attached hydrogen (secondary N) is 2. The zero-order chi connectivity index (χ0) is 26.4. The molecule has 1 saturated carbocycles. The lowest BCUT2D eigenvalue weighted by Crippen LogP contribution is -2.45. The van der Waals surface area contributed by atoms with Crippen molar-refractivity contribution in [2.45, 2.75) is 64.5 Å². The molecule has 0 radical (unpaired) electrons. The van der Waals surface area contributed by atoms with Crippen LogP contribution >= 0.6 is 0 Å². The van der Waals surface area contributed by atoms with Crippen LogP contribution < -0.4 is 15.4 Å². The molecule has 4 rings (SSSR count). The third-order valence-corrected chi connectivity index (χ3v) is 7.50. The monoisotopic (exact) mass is 513 g/mol. The number of carbonyl (C=O) groups is 1. The van der Waals surface area contributed by atoms with Crippen molar-refractivity contribution in [3.8, 4) is 11.6 Å². The van der Waals surface area contributed by atoms with Crippen LogP contribution in [0.1, 0.15) is 51.5 Å². The second-order valence-electron chi connectivity index (χ2n) is 11.1. The first-order valence-electron chi connectivity index (χ1n) is 13.5. The molecule has 204 valence electrons. The van der Waals surface area contributed by atoms with Gasteiger partial charge in [-0.05, 0) is 44.7 Å². The summed E-state index contributed by atoms with van der Waals surface area (Å²) in [5.41, 5.74) is 0.519. The van der Waals surface area contributed by atoms with Crippen LogP contribution in [0.2, 0.25) is 0 Å². The molecular weight excluding hydrogens is 470 g/mol. The van der Waals surface area contributed by atoms with E-state index in [1.165, 1.54) is 32.1 Å². The second kappa shape index (κ2) is 12.3. The number of aliphatic hydroxyl groups is 1. The van der Waals surface area contributed by atoms with Gasteiger partial charge in [-0.25, -0.2) is 9.48 Å². The molecule has 2 heterocycles. The number of methoxy groups -OCH3 is 1. The molecule has 1 aromatic heterocycles. The maximum absolute atomic E-state index is 13.4. The zero-order valence-electron chi connectivity index (χ0n) is 22.7. The highest BCUT2D eigenvalue weighted by Gasteiger charge is 2.39. The van der Waals surface area contributed by atoms with Gasteiger partial charge in [0.15, 0.2) is 0 Å². The molecule has 2 amide bonds. The van der Waals surface area contributed by atoms with Crippen LogP contribution in [0.5, 0.6) is 5.88 Å². The van der Waals surface area contributed by atoms with Crippen molar-refractivity contribution in [2.24, 2.45) is 11.8 Å². The number of rotatable bonds is 10. The number of hydrogen-bond acceptors (Lipinski definition) is 6. The van der Waals surface area contributed by atoms with E-state index in [0.29, 0.717) is 35.7 Å². The molecule has 2 fully saturated rings. The number of benzene rings is 1. The van der Waals surface area contributed by atoms with Gasteiger partial charge in [-0.15, -0.1) is 5.10 Å². The number of amides is 2. The van der Waals surface area contributed by atoms with E-state index in [-0.39, 0.29) is 18.7 Å². The molecule has 0 unspecified atom stereocenters. The number of aromatic nitrogens is 2. The molecule has 3 N–H and O–H groups in total. The Balaban J connectivity index is 1.51. The topological polar surface area (TPSA) is 101 Å². The molecule has 9 heteroatoms. The molecule has 2 atom stereocenters. The van der Waals surface area contributed by atoms with Crippen LogP contribution in [0.15, 0.2) is 30.3 Å². The average Bonchev–Trinajstić information content (AvgIpc) is 3.42. The van der Waals surface area contributed by atoms with Crippen molar-refractivity contribution in [3.63, 3.8) is 0 Å². The van der Waals surface area contributed by atoms with Crippen LogP contribution in [0.4, 0.5) is 10.6 Å². The van der Waals surface area contributed by atoms with Crippen LogP contribution in [0.25, 0.3) is 5.69 Å². The van der Waals surface area contributed by atoms with Gasteiger partial charge in [0.05, 0.1) is 23.5 Å². The number of nitrogens with zero attached hydrogens (tertiary/aromatic N) is 3. The van der Waals surface area contributed by atoms with Gasteiger partial charge in [-0.2, -0.15) is 0 Å². The fourth-order valence-electron chi connectivity index (χ4n) is 5.58. The van der Waals surface area contributed by atoms with E-state index < -0.39 is 5.60 Å². The molecular formula is C28H43N5O4. The third kappa shape index (κ3) is 7.24. The maximum Gasteiger partial charge on any atom is 0.320 e. The van der Waals surface area contributed by atoms with E-state index in [1.807, 2.05) is 37.3 Å².